The van der Waals surface area contributed by atoms with E-state index < -0.39 is 0 Å². The van der Waals surface area contributed by atoms with Crippen LogP contribution in [-0.2, 0) is 4.79 Å². The zero-order valence-electron chi connectivity index (χ0n) is 17.1. The summed E-state index contributed by atoms with van der Waals surface area (Å²) in [6, 6.07) is 11.8. The van der Waals surface area contributed by atoms with Gasteiger partial charge in [0.2, 0.25) is 5.91 Å². The molecule has 0 aliphatic heterocycles. The van der Waals surface area contributed by atoms with E-state index in [0.717, 1.165) is 23.4 Å². The summed E-state index contributed by atoms with van der Waals surface area (Å²) in [4.78, 5) is 12.4. The van der Waals surface area contributed by atoms with Crippen LogP contribution in [0.25, 0.3) is 17.1 Å². The minimum Gasteiger partial charge on any atom is -0.469 e. The van der Waals surface area contributed by atoms with Gasteiger partial charge in [0.15, 0.2) is 11.0 Å². The predicted molar refractivity (Wildman–Crippen MR) is 119 cm³/mol. The fourth-order valence-corrected chi connectivity index (χ4v) is 4.42. The highest BCUT2D eigenvalue weighted by Gasteiger charge is 2.19. The average molecular weight is 423 g/mol. The first-order valence-corrected chi connectivity index (χ1v) is 11.3. The molecule has 0 bridgehead atoms. The second-order valence-corrected chi connectivity index (χ2v) is 8.31. The molecule has 1 aliphatic rings. The van der Waals surface area contributed by atoms with Gasteiger partial charge in [0.1, 0.15) is 5.76 Å². The van der Waals surface area contributed by atoms with Crippen LogP contribution in [0.3, 0.4) is 0 Å². The van der Waals surface area contributed by atoms with Gasteiger partial charge in [-0.1, -0.05) is 41.6 Å². The number of hydrogen-bond acceptors (Lipinski definition) is 5. The maximum Gasteiger partial charge on any atom is 0.230 e. The molecule has 30 heavy (non-hydrogen) atoms. The summed E-state index contributed by atoms with van der Waals surface area (Å²) >= 11 is 1.39. The van der Waals surface area contributed by atoms with Crippen LogP contribution in [0.2, 0.25) is 0 Å². The third-order valence-corrected chi connectivity index (χ3v) is 6.16. The number of aromatic nitrogens is 3. The summed E-state index contributed by atoms with van der Waals surface area (Å²) in [5.41, 5.74) is 3.31. The number of amides is 1. The maximum absolute atomic E-state index is 12.4. The monoisotopic (exact) mass is 422 g/mol. The lowest BCUT2D eigenvalue weighted by molar-refractivity contribution is -0.118. The standard InChI is InChI=1S/C23H26N4O2S/c1-17-20(13-15-29-17)22-25-26-23(27(22)19-10-6-3-7-11-19)30-16-21(28)24-14-12-18-8-4-2-5-9-18/h3,6-8,10-11,13,15H,2,4-5,9,12,14,16H2,1H3,(H,24,28). The normalized spacial score (nSPS) is 13.8. The van der Waals surface area contributed by atoms with E-state index in [4.69, 9.17) is 4.42 Å². The molecule has 156 valence electrons. The Hall–Kier alpha value is -2.80. The van der Waals surface area contributed by atoms with Crippen LogP contribution in [0.15, 0.2) is 63.9 Å². The number of allylic oxidation sites excluding steroid dienone is 1. The molecule has 0 saturated heterocycles. The van der Waals surface area contributed by atoms with E-state index in [1.165, 1.54) is 43.0 Å². The van der Waals surface area contributed by atoms with Crippen LogP contribution in [0.5, 0.6) is 0 Å². The second kappa shape index (κ2) is 9.80. The summed E-state index contributed by atoms with van der Waals surface area (Å²) in [6.45, 7) is 2.59. The Morgan fingerprint density at radius 2 is 2.07 bits per heavy atom. The molecular formula is C23H26N4O2S. The van der Waals surface area contributed by atoms with Gasteiger partial charge in [0.25, 0.3) is 0 Å². The number of carbonyl (C=O) groups excluding carboxylic acids is 1. The summed E-state index contributed by atoms with van der Waals surface area (Å²) in [5, 5.41) is 12.5. The molecule has 1 aromatic carbocycles. The molecule has 0 spiro atoms. The Kier molecular flexibility index (Phi) is 6.69. The van der Waals surface area contributed by atoms with Gasteiger partial charge in [0, 0.05) is 12.2 Å². The van der Waals surface area contributed by atoms with Crippen molar-refractivity contribution in [3.63, 3.8) is 0 Å². The smallest absolute Gasteiger partial charge is 0.230 e. The van der Waals surface area contributed by atoms with Crippen molar-refractivity contribution in [3.05, 3.63) is 60.1 Å². The van der Waals surface area contributed by atoms with Crippen LogP contribution in [0.1, 0.15) is 37.9 Å². The third kappa shape index (κ3) is 4.84. The molecule has 1 aliphatic carbocycles. The van der Waals surface area contributed by atoms with E-state index in [-0.39, 0.29) is 5.91 Å². The van der Waals surface area contributed by atoms with Crippen molar-refractivity contribution < 1.29 is 9.21 Å². The Bertz CT molecular complexity index is 1020. The van der Waals surface area contributed by atoms with Crippen molar-refractivity contribution in [2.24, 2.45) is 0 Å². The number of thioether (sulfide) groups is 1. The number of nitrogens with one attached hydrogen (secondary N) is 1. The molecule has 0 saturated carbocycles. The fourth-order valence-electron chi connectivity index (χ4n) is 3.64. The van der Waals surface area contributed by atoms with Crippen LogP contribution in [0.4, 0.5) is 0 Å². The summed E-state index contributed by atoms with van der Waals surface area (Å²) in [7, 11) is 0. The Labute approximate surface area is 180 Å². The molecular weight excluding hydrogens is 396 g/mol. The number of furan rings is 1. The van der Waals surface area contributed by atoms with Crippen molar-refractivity contribution in [2.45, 2.75) is 44.2 Å². The first-order valence-electron chi connectivity index (χ1n) is 10.3. The minimum absolute atomic E-state index is 0.0139. The number of rotatable bonds is 8. The molecule has 0 fully saturated rings. The zero-order chi connectivity index (χ0) is 20.8. The lowest BCUT2D eigenvalue weighted by Gasteiger charge is -2.13. The van der Waals surface area contributed by atoms with Crippen LogP contribution in [-0.4, -0.2) is 33.0 Å². The van der Waals surface area contributed by atoms with E-state index in [1.54, 1.807) is 6.26 Å². The van der Waals surface area contributed by atoms with Gasteiger partial charge >= 0.3 is 0 Å². The minimum atomic E-state index is 0.0139. The van der Waals surface area contributed by atoms with Crippen molar-refractivity contribution in [2.75, 3.05) is 12.3 Å². The van der Waals surface area contributed by atoms with E-state index in [9.17, 15) is 4.79 Å². The van der Waals surface area contributed by atoms with Gasteiger partial charge in [0.05, 0.1) is 17.6 Å². The SMILES string of the molecule is Cc1occc1-c1nnc(SCC(=O)NCCC2=CCCCC2)n1-c1ccccc1. The van der Waals surface area contributed by atoms with Crippen molar-refractivity contribution >= 4 is 17.7 Å². The van der Waals surface area contributed by atoms with Crippen LogP contribution < -0.4 is 5.32 Å². The molecule has 6 nitrogen and oxygen atoms in total. The Morgan fingerprint density at radius 3 is 2.80 bits per heavy atom. The van der Waals surface area contributed by atoms with E-state index in [1.807, 2.05) is 47.9 Å². The summed E-state index contributed by atoms with van der Waals surface area (Å²) < 4.78 is 7.43. The molecule has 2 heterocycles. The fraction of sp³-hybridized carbons (Fsp3) is 0.348. The van der Waals surface area contributed by atoms with E-state index >= 15 is 0 Å². The number of carbonyl (C=O) groups is 1. The molecule has 1 amide bonds. The number of nitrogens with zero attached hydrogens (tertiary/aromatic N) is 3. The quantitative estimate of drug-likeness (QED) is 0.411. The average Bonchev–Trinajstić information content (AvgIpc) is 3.39. The highest BCUT2D eigenvalue weighted by Crippen LogP contribution is 2.30. The molecule has 1 N–H and O–H groups in total. The van der Waals surface area contributed by atoms with E-state index in [2.05, 4.69) is 21.6 Å². The molecule has 0 unspecified atom stereocenters. The van der Waals surface area contributed by atoms with Gasteiger partial charge in [-0.15, -0.1) is 10.2 Å². The van der Waals surface area contributed by atoms with Crippen molar-refractivity contribution in [1.29, 1.82) is 0 Å². The molecule has 0 radical (unpaired) electrons. The van der Waals surface area contributed by atoms with Gasteiger partial charge < -0.3 is 9.73 Å². The zero-order valence-corrected chi connectivity index (χ0v) is 18.0. The first kappa shape index (κ1) is 20.5. The van der Waals surface area contributed by atoms with Gasteiger partial charge in [-0.05, 0) is 57.2 Å². The van der Waals surface area contributed by atoms with Crippen LogP contribution in [0, 0.1) is 6.92 Å². The van der Waals surface area contributed by atoms with Crippen LogP contribution >= 0.6 is 11.8 Å². The van der Waals surface area contributed by atoms with E-state index in [0.29, 0.717) is 23.3 Å². The topological polar surface area (TPSA) is 72.9 Å². The number of hydrogen-bond donors (Lipinski definition) is 1. The molecule has 2 aromatic heterocycles. The molecule has 4 rings (SSSR count). The number of para-hydroxylation sites is 1. The predicted octanol–water partition coefficient (Wildman–Crippen LogP) is 4.93. The second-order valence-electron chi connectivity index (χ2n) is 7.36. The largest absolute Gasteiger partial charge is 0.469 e. The lowest BCUT2D eigenvalue weighted by atomic mass is 9.97. The lowest BCUT2D eigenvalue weighted by Crippen LogP contribution is -2.26. The van der Waals surface area contributed by atoms with Gasteiger partial charge in [-0.2, -0.15) is 0 Å². The summed E-state index contributed by atoms with van der Waals surface area (Å²) in [5.74, 6) is 1.81. The van der Waals surface area contributed by atoms with Crippen molar-refractivity contribution in [1.82, 2.24) is 20.1 Å². The number of aryl methyl sites for hydroxylation is 1. The molecule has 7 heteroatoms. The van der Waals surface area contributed by atoms with Crippen molar-refractivity contribution in [3.8, 4) is 17.1 Å². The Balaban J connectivity index is 1.44. The maximum atomic E-state index is 12.4. The van der Waals surface area contributed by atoms with Gasteiger partial charge in [-0.3, -0.25) is 9.36 Å². The Morgan fingerprint density at radius 1 is 1.20 bits per heavy atom. The van der Waals surface area contributed by atoms with Gasteiger partial charge in [-0.25, -0.2) is 0 Å². The molecule has 0 atom stereocenters. The highest BCUT2D eigenvalue weighted by atomic mass is 32.2. The highest BCUT2D eigenvalue weighted by molar-refractivity contribution is 7.99. The third-order valence-electron chi connectivity index (χ3n) is 5.23. The number of benzene rings is 1. The first-order chi connectivity index (χ1) is 14.7. The molecule has 3 aromatic rings. The summed E-state index contributed by atoms with van der Waals surface area (Å²) in [6.07, 6.45) is 9.81.